The second-order valence-corrected chi connectivity index (χ2v) is 19.6. The third kappa shape index (κ3) is 33.4. The van der Waals surface area contributed by atoms with E-state index < -0.39 is 0 Å². The molecule has 8 nitrogen and oxygen atoms in total. The number of ether oxygens (including phenoxy) is 1. The molecule has 0 saturated carbocycles. The average Bonchev–Trinajstić information content (AvgIpc) is 3.64. The molecule has 0 spiro atoms. The molecule has 2 rings (SSSR count). The minimum atomic E-state index is -0.109. The van der Waals surface area contributed by atoms with E-state index in [1.807, 2.05) is 44.7 Å². The molecule has 2 heterocycles. The number of nitrogens with one attached hydrogen (secondary N) is 1. The van der Waals surface area contributed by atoms with Crippen LogP contribution in [0.2, 0.25) is 0 Å². The van der Waals surface area contributed by atoms with Gasteiger partial charge in [0.25, 0.3) is 5.91 Å². The third-order valence-corrected chi connectivity index (χ3v) is 13.3. The van der Waals surface area contributed by atoms with Crippen molar-refractivity contribution in [3.05, 3.63) is 45.7 Å². The molecule has 1 N–H and O–H groups in total. The molecule has 0 radical (unpaired) electrons. The van der Waals surface area contributed by atoms with Gasteiger partial charge in [0.15, 0.2) is 5.78 Å². The first kappa shape index (κ1) is 62.2. The van der Waals surface area contributed by atoms with Gasteiger partial charge < -0.3 is 19.9 Å². The summed E-state index contributed by atoms with van der Waals surface area (Å²) in [6, 6.07) is 0. The van der Waals surface area contributed by atoms with Crippen LogP contribution in [-0.4, -0.2) is 73.2 Å². The number of likely N-dealkylation sites (N-methyl/N-ethyl adjacent to an activating group) is 1. The Balaban J connectivity index is 0. The lowest BCUT2D eigenvalue weighted by Crippen LogP contribution is -2.36. The monoisotopic (exact) mass is 930 g/mol. The third-order valence-electron chi connectivity index (χ3n) is 12.1. The zero-order valence-electron chi connectivity index (χ0n) is 43.6. The minimum Gasteiger partial charge on any atom is -0.462 e. The number of ketones is 1. The summed E-state index contributed by atoms with van der Waals surface area (Å²) in [5.74, 6) is 0.206. The summed E-state index contributed by atoms with van der Waals surface area (Å²) in [5.41, 5.74) is 1.91. The molecule has 2 amide bonds. The number of carbonyl (C=O) groups excluding carboxylic acids is 4. The molecule has 1 aliphatic rings. The van der Waals surface area contributed by atoms with Crippen molar-refractivity contribution in [2.45, 2.75) is 253 Å². The van der Waals surface area contributed by atoms with Crippen LogP contribution in [0.4, 0.5) is 0 Å². The number of esters is 1. The Labute approximate surface area is 406 Å². The van der Waals surface area contributed by atoms with Crippen molar-refractivity contribution in [1.29, 1.82) is 0 Å². The Morgan fingerprint density at radius 1 is 0.723 bits per heavy atom. The number of allylic oxidation sites excluding steroid dienone is 3. The van der Waals surface area contributed by atoms with Gasteiger partial charge in [0.05, 0.1) is 12.1 Å². The van der Waals surface area contributed by atoms with Crippen molar-refractivity contribution in [1.82, 2.24) is 15.1 Å². The van der Waals surface area contributed by atoms with Gasteiger partial charge in [0.1, 0.15) is 6.10 Å². The quantitative estimate of drug-likeness (QED) is 0.0307. The maximum absolute atomic E-state index is 13.0. The molecule has 1 atom stereocenters. The first-order chi connectivity index (χ1) is 31.6. The molecule has 0 bridgehead atoms. The van der Waals surface area contributed by atoms with Gasteiger partial charge in [-0.25, -0.2) is 0 Å². The summed E-state index contributed by atoms with van der Waals surface area (Å²) in [4.78, 5) is 55.6. The van der Waals surface area contributed by atoms with Gasteiger partial charge in [0.2, 0.25) is 5.91 Å². The van der Waals surface area contributed by atoms with E-state index in [2.05, 4.69) is 44.8 Å². The van der Waals surface area contributed by atoms with Gasteiger partial charge in [-0.3, -0.25) is 19.2 Å². The molecule has 1 aliphatic heterocycles. The van der Waals surface area contributed by atoms with E-state index in [4.69, 9.17) is 4.74 Å². The number of thiophene rings is 1. The summed E-state index contributed by atoms with van der Waals surface area (Å²) >= 11 is 1.64. The fourth-order valence-corrected chi connectivity index (χ4v) is 9.40. The molecule has 65 heavy (non-hydrogen) atoms. The number of hydrogen-bond donors (Lipinski definition) is 1. The predicted octanol–water partition coefficient (Wildman–Crippen LogP) is 15.5. The van der Waals surface area contributed by atoms with Crippen molar-refractivity contribution in [3.63, 3.8) is 0 Å². The Hall–Kier alpha value is -2.78. The standard InChI is InChI=1S/C34H59N3O4S.C20H36O.C2H6.H2/c1-6-8-10-12-13-15-19-28(18-14-11-9-7-2)41-32(39)21-17-16-20-31(38)37-24-22-29-30(26-37)42-27(3)33(29)34(40)35-23-25-36(4)5;1-3-5-6-7-8-9-10-11-12-13-14-15-16-17-18-19-20(21)4-2;1-2;/h28H,6-26H2,1-5H3,(H,35,40);4,11-12H,2-3,5-10,13-19H2,1H3;1-2H3;1H/b;12-11-;;. The normalized spacial score (nSPS) is 12.5. The molecule has 0 saturated heterocycles. The van der Waals surface area contributed by atoms with Crippen LogP contribution in [-0.2, 0) is 32.1 Å². The van der Waals surface area contributed by atoms with Crippen molar-refractivity contribution < 1.29 is 25.3 Å². The molecule has 9 heteroatoms. The van der Waals surface area contributed by atoms with Crippen molar-refractivity contribution in [3.8, 4) is 0 Å². The van der Waals surface area contributed by atoms with E-state index in [0.29, 0.717) is 58.2 Å². The lowest BCUT2D eigenvalue weighted by molar-refractivity contribution is -0.150. The maximum Gasteiger partial charge on any atom is 0.306 e. The number of aryl methyl sites for hydroxylation is 1. The van der Waals surface area contributed by atoms with Gasteiger partial charge >= 0.3 is 5.97 Å². The second kappa shape index (κ2) is 43.8. The zero-order valence-corrected chi connectivity index (χ0v) is 44.4. The molecular weight excluding hydrogens is 827 g/mol. The Bertz CT molecular complexity index is 1400. The minimum absolute atomic E-state index is 0. The number of nitrogens with zero attached hydrogens (tertiary/aromatic N) is 2. The fourth-order valence-electron chi connectivity index (χ4n) is 8.17. The SMILES string of the molecule is C=CC(=O)CCCCCCC/C=C\CCCCCCCC.CC.CCCCCCCCC(CCCCCC)OC(=O)CCCCC(=O)N1CCc2c(sc(C)c2C(=O)NCCN(C)C)C1.[HH]. The van der Waals surface area contributed by atoms with Crippen LogP contribution in [0.3, 0.4) is 0 Å². The fraction of sp³-hybridized carbons (Fsp3) is 0.786. The smallest absolute Gasteiger partial charge is 0.306 e. The lowest BCUT2D eigenvalue weighted by atomic mass is 10.0. The summed E-state index contributed by atoms with van der Waals surface area (Å²) < 4.78 is 5.92. The number of rotatable bonds is 38. The average molecular weight is 931 g/mol. The molecular formula is C56H103N3O5S. The number of amides is 2. The largest absolute Gasteiger partial charge is 0.462 e. The molecule has 0 aromatic carbocycles. The number of unbranched alkanes of at least 4 members (excludes halogenated alkanes) is 20. The zero-order chi connectivity index (χ0) is 48.3. The van der Waals surface area contributed by atoms with Crippen molar-refractivity contribution in [2.24, 2.45) is 0 Å². The van der Waals surface area contributed by atoms with Gasteiger partial charge in [-0.15, -0.1) is 11.3 Å². The van der Waals surface area contributed by atoms with Crippen LogP contribution >= 0.6 is 11.3 Å². The molecule has 1 aromatic heterocycles. The molecule has 1 aromatic rings. The summed E-state index contributed by atoms with van der Waals surface area (Å²) in [6.07, 6.45) is 40.9. The number of fused-ring (bicyclic) bond motifs is 1. The first-order valence-electron chi connectivity index (χ1n) is 26.9. The summed E-state index contributed by atoms with van der Waals surface area (Å²) in [5, 5.41) is 3.04. The summed E-state index contributed by atoms with van der Waals surface area (Å²) in [6.45, 7) is 18.8. The first-order valence-corrected chi connectivity index (χ1v) is 27.7. The van der Waals surface area contributed by atoms with E-state index in [9.17, 15) is 19.2 Å². The van der Waals surface area contributed by atoms with Crippen molar-refractivity contribution >= 4 is 34.9 Å². The van der Waals surface area contributed by atoms with Crippen LogP contribution in [0, 0.1) is 6.92 Å². The number of hydrogen-bond acceptors (Lipinski definition) is 7. The predicted molar refractivity (Wildman–Crippen MR) is 282 cm³/mol. The van der Waals surface area contributed by atoms with Crippen LogP contribution in [0.5, 0.6) is 0 Å². The molecule has 0 fully saturated rings. The van der Waals surface area contributed by atoms with E-state index in [1.54, 1.807) is 11.3 Å². The van der Waals surface area contributed by atoms with Gasteiger partial charge in [0, 0.05) is 50.1 Å². The van der Waals surface area contributed by atoms with Crippen LogP contribution in [0.1, 0.15) is 254 Å². The Morgan fingerprint density at radius 3 is 1.77 bits per heavy atom. The lowest BCUT2D eigenvalue weighted by Gasteiger charge is -2.27. The van der Waals surface area contributed by atoms with Crippen LogP contribution in [0.15, 0.2) is 24.8 Å². The highest BCUT2D eigenvalue weighted by molar-refractivity contribution is 7.12. The highest BCUT2D eigenvalue weighted by Crippen LogP contribution is 2.33. The Kier molecular flexibility index (Phi) is 41.9. The molecule has 0 aliphatic carbocycles. The molecule has 1 unspecified atom stereocenters. The second-order valence-electron chi connectivity index (χ2n) is 18.3. The highest BCUT2D eigenvalue weighted by Gasteiger charge is 2.28. The number of carbonyl (C=O) groups is 4. The van der Waals surface area contributed by atoms with Gasteiger partial charge in [-0.1, -0.05) is 156 Å². The van der Waals surface area contributed by atoms with E-state index in [0.717, 1.165) is 59.5 Å². The summed E-state index contributed by atoms with van der Waals surface area (Å²) in [7, 11) is 3.98. The highest BCUT2D eigenvalue weighted by atomic mass is 32.1. The van der Waals surface area contributed by atoms with Gasteiger partial charge in [-0.2, -0.15) is 0 Å². The van der Waals surface area contributed by atoms with Gasteiger partial charge in [-0.05, 0) is 110 Å². The van der Waals surface area contributed by atoms with E-state index in [1.165, 1.54) is 134 Å². The van der Waals surface area contributed by atoms with E-state index in [-0.39, 0.29) is 31.1 Å². The van der Waals surface area contributed by atoms with E-state index >= 15 is 0 Å². The molecule has 378 valence electrons. The Morgan fingerprint density at radius 2 is 1.22 bits per heavy atom. The van der Waals surface area contributed by atoms with Crippen LogP contribution in [0.25, 0.3) is 0 Å². The van der Waals surface area contributed by atoms with Crippen LogP contribution < -0.4 is 5.32 Å². The maximum atomic E-state index is 13.0. The topological polar surface area (TPSA) is 96.0 Å². The van der Waals surface area contributed by atoms with Crippen molar-refractivity contribution in [2.75, 3.05) is 33.7 Å².